The number of thioether (sulfide) groups is 1. The van der Waals surface area contributed by atoms with Gasteiger partial charge in [-0.3, -0.25) is 19.2 Å². The molecule has 0 spiro atoms. The number of nitrogens with one attached hydrogen (secondary N) is 2. The zero-order valence-corrected chi connectivity index (χ0v) is 15.9. The van der Waals surface area contributed by atoms with Crippen LogP contribution in [0.3, 0.4) is 0 Å². The predicted octanol–water partition coefficient (Wildman–Crippen LogP) is -1.44. The summed E-state index contributed by atoms with van der Waals surface area (Å²) in [7, 11) is 0. The minimum Gasteiger partial charge on any atom is -0.501 e. The van der Waals surface area contributed by atoms with E-state index in [2.05, 4.69) is 15.4 Å². The van der Waals surface area contributed by atoms with Crippen LogP contribution in [0.25, 0.3) is 0 Å². The van der Waals surface area contributed by atoms with E-state index in [1.54, 1.807) is 6.92 Å². The van der Waals surface area contributed by atoms with Gasteiger partial charge in [-0.2, -0.15) is 0 Å². The number of carboxylic acids is 2. The normalized spacial score (nSPS) is 13.1. The van der Waals surface area contributed by atoms with Crippen LogP contribution in [0.4, 0.5) is 0 Å². The average Bonchev–Trinajstić information content (AvgIpc) is 2.62. The lowest BCUT2D eigenvalue weighted by Gasteiger charge is -2.17. The van der Waals surface area contributed by atoms with Gasteiger partial charge in [0, 0.05) is 17.6 Å². The first-order valence-electron chi connectivity index (χ1n) is 8.03. The molecule has 0 fully saturated rings. The standard InChI is InChI=1S/C15H23N3O9S/c1-2-27-15(26)10(19)7-28-6-9(13(23)17-5-12(21)22)18-11(20)4-3-8(16)14(24)25/h7-9,19H,2-6,16H2,1H3,(H,17,23)(H,18,20)(H,21,22)(H,24,25). The second-order valence-electron chi connectivity index (χ2n) is 5.27. The monoisotopic (exact) mass is 421 g/mol. The molecule has 0 aliphatic rings. The van der Waals surface area contributed by atoms with Gasteiger partial charge in [0.2, 0.25) is 17.6 Å². The molecule has 28 heavy (non-hydrogen) atoms. The molecule has 0 rings (SSSR count). The van der Waals surface area contributed by atoms with E-state index in [0.29, 0.717) is 0 Å². The van der Waals surface area contributed by atoms with Gasteiger partial charge >= 0.3 is 17.9 Å². The maximum Gasteiger partial charge on any atom is 0.373 e. The number of amides is 2. The maximum atomic E-state index is 12.0. The van der Waals surface area contributed by atoms with Gasteiger partial charge in [-0.15, -0.1) is 11.8 Å². The van der Waals surface area contributed by atoms with Crippen molar-refractivity contribution >= 4 is 41.5 Å². The van der Waals surface area contributed by atoms with Crippen LogP contribution in [-0.2, 0) is 28.7 Å². The lowest BCUT2D eigenvalue weighted by atomic mass is 10.1. The van der Waals surface area contributed by atoms with Crippen molar-refractivity contribution in [2.45, 2.75) is 31.8 Å². The number of aliphatic carboxylic acids is 2. The molecule has 0 heterocycles. The summed E-state index contributed by atoms with van der Waals surface area (Å²) >= 11 is 0.803. The van der Waals surface area contributed by atoms with E-state index in [-0.39, 0.29) is 25.2 Å². The summed E-state index contributed by atoms with van der Waals surface area (Å²) in [5.41, 5.74) is 5.30. The van der Waals surface area contributed by atoms with Gasteiger partial charge in [0.05, 0.1) is 6.61 Å². The van der Waals surface area contributed by atoms with E-state index < -0.39 is 54.1 Å². The molecule has 0 aromatic carbocycles. The van der Waals surface area contributed by atoms with Crippen molar-refractivity contribution in [1.82, 2.24) is 10.6 Å². The lowest BCUT2D eigenvalue weighted by Crippen LogP contribution is -2.49. The summed E-state index contributed by atoms with van der Waals surface area (Å²) in [6.07, 6.45) is -0.438. The van der Waals surface area contributed by atoms with Crippen LogP contribution >= 0.6 is 11.8 Å². The molecule has 12 nitrogen and oxygen atoms in total. The lowest BCUT2D eigenvalue weighted by molar-refractivity contribution is -0.141. The highest BCUT2D eigenvalue weighted by Gasteiger charge is 2.22. The molecule has 158 valence electrons. The number of aliphatic hydroxyl groups is 1. The molecule has 0 aliphatic carbocycles. The number of ether oxygens (including phenoxy) is 1. The number of aliphatic hydroxyl groups excluding tert-OH is 1. The first-order valence-corrected chi connectivity index (χ1v) is 9.08. The molecule has 13 heteroatoms. The minimum atomic E-state index is -1.29. The van der Waals surface area contributed by atoms with Crippen molar-refractivity contribution in [2.24, 2.45) is 5.73 Å². The fourth-order valence-electron chi connectivity index (χ4n) is 1.62. The summed E-state index contributed by atoms with van der Waals surface area (Å²) in [6, 6.07) is -2.45. The summed E-state index contributed by atoms with van der Waals surface area (Å²) in [5, 5.41) is 32.2. The number of rotatable bonds is 13. The Kier molecular flexibility index (Phi) is 12.0. The second-order valence-corrected chi connectivity index (χ2v) is 6.17. The van der Waals surface area contributed by atoms with Gasteiger partial charge in [-0.05, 0) is 13.3 Å². The fourth-order valence-corrected chi connectivity index (χ4v) is 2.40. The minimum absolute atomic E-state index is 0.0517. The Hall–Kier alpha value is -2.80. The van der Waals surface area contributed by atoms with Crippen LogP contribution in [0.2, 0.25) is 0 Å². The first-order chi connectivity index (χ1) is 13.1. The largest absolute Gasteiger partial charge is 0.501 e. The Morgan fingerprint density at radius 3 is 2.36 bits per heavy atom. The highest BCUT2D eigenvalue weighted by molar-refractivity contribution is 8.02. The third-order valence-corrected chi connectivity index (χ3v) is 3.92. The van der Waals surface area contributed by atoms with Gasteiger partial charge < -0.3 is 36.4 Å². The summed E-state index contributed by atoms with van der Waals surface area (Å²) in [6.45, 7) is 0.923. The van der Waals surface area contributed by atoms with Crippen molar-refractivity contribution < 1.29 is 44.0 Å². The third-order valence-electron chi connectivity index (χ3n) is 3.01. The van der Waals surface area contributed by atoms with Crippen LogP contribution in [-0.4, -0.2) is 76.0 Å². The first kappa shape index (κ1) is 25.2. The Labute approximate surface area is 164 Å². The smallest absolute Gasteiger partial charge is 0.373 e. The zero-order valence-electron chi connectivity index (χ0n) is 15.0. The number of hydrogen-bond acceptors (Lipinski definition) is 9. The van der Waals surface area contributed by atoms with E-state index >= 15 is 0 Å². The van der Waals surface area contributed by atoms with Crippen molar-refractivity contribution in [3.05, 3.63) is 11.2 Å². The zero-order chi connectivity index (χ0) is 21.7. The van der Waals surface area contributed by atoms with Gasteiger partial charge in [-0.25, -0.2) is 4.79 Å². The second kappa shape index (κ2) is 13.4. The maximum absolute atomic E-state index is 12.0. The van der Waals surface area contributed by atoms with Crippen molar-refractivity contribution in [1.29, 1.82) is 0 Å². The van der Waals surface area contributed by atoms with E-state index in [1.807, 2.05) is 0 Å². The molecule has 7 N–H and O–H groups in total. The molecule has 0 bridgehead atoms. The van der Waals surface area contributed by atoms with Crippen LogP contribution in [0.5, 0.6) is 0 Å². The van der Waals surface area contributed by atoms with Crippen LogP contribution in [0.15, 0.2) is 11.2 Å². The molecule has 2 unspecified atom stereocenters. The van der Waals surface area contributed by atoms with E-state index in [4.69, 9.17) is 15.9 Å². The number of esters is 1. The van der Waals surface area contributed by atoms with Gasteiger partial charge in [-0.1, -0.05) is 0 Å². The van der Waals surface area contributed by atoms with E-state index in [1.165, 1.54) is 0 Å². The van der Waals surface area contributed by atoms with Crippen molar-refractivity contribution in [3.8, 4) is 0 Å². The molecule has 0 aliphatic heterocycles. The molecular formula is C15H23N3O9S. The average molecular weight is 421 g/mol. The number of carbonyl (C=O) groups excluding carboxylic acids is 3. The summed E-state index contributed by atoms with van der Waals surface area (Å²) in [5.74, 6) is -5.87. The van der Waals surface area contributed by atoms with Gasteiger partial charge in [0.15, 0.2) is 0 Å². The van der Waals surface area contributed by atoms with Crippen molar-refractivity contribution in [2.75, 3.05) is 18.9 Å². The Morgan fingerprint density at radius 1 is 1.18 bits per heavy atom. The molecule has 0 saturated heterocycles. The number of carbonyl (C=O) groups is 5. The fraction of sp³-hybridized carbons (Fsp3) is 0.533. The molecular weight excluding hydrogens is 398 g/mol. The Morgan fingerprint density at radius 2 is 1.82 bits per heavy atom. The SMILES string of the molecule is CCOC(=O)C(O)=CSCC(NC(=O)CCC(N)C(=O)O)C(=O)NCC(=O)O. The molecule has 0 aromatic heterocycles. The van der Waals surface area contributed by atoms with E-state index in [0.717, 1.165) is 17.2 Å². The van der Waals surface area contributed by atoms with Crippen molar-refractivity contribution in [3.63, 3.8) is 0 Å². The Bertz CT molecular complexity index is 624. The topological polar surface area (TPSA) is 205 Å². The van der Waals surface area contributed by atoms with Crippen LogP contribution < -0.4 is 16.4 Å². The summed E-state index contributed by atoms with van der Waals surface area (Å²) < 4.78 is 4.57. The molecule has 0 radical (unpaired) electrons. The van der Waals surface area contributed by atoms with Crippen LogP contribution in [0, 0.1) is 0 Å². The number of carboxylic acid groups (broad SMARTS) is 2. The molecule has 2 atom stereocenters. The summed E-state index contributed by atoms with van der Waals surface area (Å²) in [4.78, 5) is 56.4. The third kappa shape index (κ3) is 11.0. The molecule has 0 aromatic rings. The van der Waals surface area contributed by atoms with Gasteiger partial charge in [0.25, 0.3) is 0 Å². The predicted molar refractivity (Wildman–Crippen MR) is 97.2 cm³/mol. The number of nitrogens with two attached hydrogens (primary N) is 1. The highest BCUT2D eigenvalue weighted by Crippen LogP contribution is 2.10. The van der Waals surface area contributed by atoms with Crippen LogP contribution in [0.1, 0.15) is 19.8 Å². The van der Waals surface area contributed by atoms with Gasteiger partial charge in [0.1, 0.15) is 18.6 Å². The van der Waals surface area contributed by atoms with E-state index in [9.17, 15) is 29.1 Å². The molecule has 2 amide bonds. The Balaban J connectivity index is 4.86. The molecule has 0 saturated carbocycles. The highest BCUT2D eigenvalue weighted by atomic mass is 32.2. The quantitative estimate of drug-likeness (QED) is 0.115. The number of hydrogen-bond donors (Lipinski definition) is 6.